The third-order valence-corrected chi connectivity index (χ3v) is 24.2. The molecule has 672 valence electrons. The van der Waals surface area contributed by atoms with Crippen LogP contribution in [0.3, 0.4) is 0 Å². The second kappa shape index (κ2) is 86.4. The van der Waals surface area contributed by atoms with Gasteiger partial charge in [-0.25, -0.2) is 9.13 Å². The molecule has 3 N–H and O–H groups in total. The lowest BCUT2D eigenvalue weighted by molar-refractivity contribution is -0.161. The Bertz CT molecular complexity index is 2140. The highest BCUT2D eigenvalue weighted by Crippen LogP contribution is 2.45. The van der Waals surface area contributed by atoms with E-state index in [-0.39, 0.29) is 25.7 Å². The van der Waals surface area contributed by atoms with Gasteiger partial charge >= 0.3 is 39.5 Å². The molecule has 0 aromatic heterocycles. The molecule has 0 fully saturated rings. The number of hydrogen-bond acceptors (Lipinski definition) is 15. The van der Waals surface area contributed by atoms with E-state index >= 15 is 0 Å². The summed E-state index contributed by atoms with van der Waals surface area (Å²) in [4.78, 5) is 73.5. The summed E-state index contributed by atoms with van der Waals surface area (Å²) in [6, 6.07) is 0. The van der Waals surface area contributed by atoms with Crippen LogP contribution in [0.1, 0.15) is 516 Å². The van der Waals surface area contributed by atoms with Gasteiger partial charge in [0, 0.05) is 25.7 Å². The number of hydrogen-bond donors (Lipinski definition) is 3. The van der Waals surface area contributed by atoms with E-state index in [4.69, 9.17) is 37.0 Å². The molecule has 0 aliphatic heterocycles. The van der Waals surface area contributed by atoms with Crippen LogP contribution in [0.5, 0.6) is 0 Å². The molecule has 0 bridgehead atoms. The predicted octanol–water partition coefficient (Wildman–Crippen LogP) is 29.5. The normalized spacial score (nSPS) is 13.6. The fourth-order valence-corrected chi connectivity index (χ4v) is 16.5. The number of esters is 4. The second-order valence-electron chi connectivity index (χ2n) is 34.2. The number of unbranched alkanes of at least 4 members (excludes halogenated alkanes) is 66. The quantitative estimate of drug-likeness (QED) is 0.0222. The summed E-state index contributed by atoms with van der Waals surface area (Å²) in [5, 5.41) is 10.7. The Morgan fingerprint density at radius 3 is 0.602 bits per heavy atom. The first-order chi connectivity index (χ1) is 55.0. The zero-order valence-corrected chi connectivity index (χ0v) is 76.3. The van der Waals surface area contributed by atoms with E-state index in [2.05, 4.69) is 34.6 Å². The van der Waals surface area contributed by atoms with E-state index in [9.17, 15) is 43.2 Å². The smallest absolute Gasteiger partial charge is 0.462 e. The minimum absolute atomic E-state index is 0.109. The van der Waals surface area contributed by atoms with Crippen molar-refractivity contribution in [3.05, 3.63) is 0 Å². The fraction of sp³-hybridized carbons (Fsp3) is 0.957. The van der Waals surface area contributed by atoms with Gasteiger partial charge in [0.25, 0.3) is 0 Å². The van der Waals surface area contributed by atoms with E-state index in [1.807, 2.05) is 0 Å². The second-order valence-corrected chi connectivity index (χ2v) is 37.1. The van der Waals surface area contributed by atoms with Crippen LogP contribution in [0.15, 0.2) is 0 Å². The van der Waals surface area contributed by atoms with Crippen molar-refractivity contribution in [3.8, 4) is 0 Å². The van der Waals surface area contributed by atoms with Crippen LogP contribution in [-0.2, 0) is 65.4 Å². The molecule has 0 rings (SSSR count). The first kappa shape index (κ1) is 111. The summed E-state index contributed by atoms with van der Waals surface area (Å²) in [5.41, 5.74) is 0. The topological polar surface area (TPSA) is 237 Å². The van der Waals surface area contributed by atoms with Gasteiger partial charge in [0.15, 0.2) is 12.2 Å². The van der Waals surface area contributed by atoms with E-state index in [1.165, 1.54) is 340 Å². The number of phosphoric ester groups is 2. The fourth-order valence-electron chi connectivity index (χ4n) is 14.9. The van der Waals surface area contributed by atoms with E-state index in [1.54, 1.807) is 0 Å². The first-order valence-corrected chi connectivity index (χ1v) is 51.6. The number of rotatable bonds is 94. The predicted molar refractivity (Wildman–Crippen MR) is 469 cm³/mol. The van der Waals surface area contributed by atoms with Gasteiger partial charge in [-0.1, -0.05) is 465 Å². The minimum Gasteiger partial charge on any atom is -0.462 e. The van der Waals surface area contributed by atoms with Crippen LogP contribution in [0.25, 0.3) is 0 Å². The summed E-state index contributed by atoms with van der Waals surface area (Å²) in [7, 11) is -9.94. The highest BCUT2D eigenvalue weighted by atomic mass is 31.2. The van der Waals surface area contributed by atoms with Crippen molar-refractivity contribution in [1.29, 1.82) is 0 Å². The summed E-state index contributed by atoms with van der Waals surface area (Å²) < 4.78 is 69.1. The maximum absolute atomic E-state index is 13.2. The van der Waals surface area contributed by atoms with Crippen LogP contribution in [0.4, 0.5) is 0 Å². The van der Waals surface area contributed by atoms with Gasteiger partial charge in [0.05, 0.1) is 26.4 Å². The lowest BCUT2D eigenvalue weighted by atomic mass is 10.0. The monoisotopic (exact) mass is 1650 g/mol. The van der Waals surface area contributed by atoms with E-state index < -0.39 is 97.5 Å². The number of ether oxygens (including phenoxy) is 4. The van der Waals surface area contributed by atoms with Crippen molar-refractivity contribution in [2.45, 2.75) is 534 Å². The number of aliphatic hydroxyl groups excluding tert-OH is 1. The summed E-state index contributed by atoms with van der Waals surface area (Å²) in [6.45, 7) is 7.37. The minimum atomic E-state index is -4.97. The van der Waals surface area contributed by atoms with Crippen LogP contribution in [0.2, 0.25) is 0 Å². The molecule has 19 heteroatoms. The molecular formula is C94H184O17P2. The van der Waals surface area contributed by atoms with Crippen molar-refractivity contribution in [2.75, 3.05) is 39.6 Å². The van der Waals surface area contributed by atoms with Crippen molar-refractivity contribution in [2.24, 2.45) is 5.92 Å². The molecule has 0 heterocycles. The summed E-state index contributed by atoms with van der Waals surface area (Å²) in [6.07, 6.45) is 83.7. The molecule has 0 aromatic rings. The summed E-state index contributed by atoms with van der Waals surface area (Å²) in [5.74, 6) is -1.37. The molecule has 5 atom stereocenters. The lowest BCUT2D eigenvalue weighted by Gasteiger charge is -2.21. The van der Waals surface area contributed by atoms with Crippen molar-refractivity contribution in [1.82, 2.24) is 0 Å². The Balaban J connectivity index is 5.22. The van der Waals surface area contributed by atoms with Gasteiger partial charge in [-0.3, -0.25) is 37.3 Å². The molecule has 2 unspecified atom stereocenters. The molecule has 0 aliphatic rings. The maximum atomic E-state index is 13.2. The third kappa shape index (κ3) is 87.7. The Morgan fingerprint density at radius 1 is 0.239 bits per heavy atom. The molecule has 0 saturated carbocycles. The number of aliphatic hydroxyl groups is 1. The maximum Gasteiger partial charge on any atom is 0.472 e. The first-order valence-electron chi connectivity index (χ1n) is 48.6. The van der Waals surface area contributed by atoms with Crippen molar-refractivity contribution >= 4 is 39.5 Å². The molecule has 0 aliphatic carbocycles. The van der Waals surface area contributed by atoms with Gasteiger partial charge in [0.2, 0.25) is 0 Å². The third-order valence-electron chi connectivity index (χ3n) is 22.3. The van der Waals surface area contributed by atoms with Crippen molar-refractivity contribution < 1.29 is 80.2 Å². The highest BCUT2D eigenvalue weighted by molar-refractivity contribution is 7.47. The Hall–Kier alpha value is -1.94. The van der Waals surface area contributed by atoms with Crippen LogP contribution >= 0.6 is 15.6 Å². The van der Waals surface area contributed by atoms with Gasteiger partial charge in [-0.05, 0) is 31.6 Å². The molecule has 0 amide bonds. The molecule has 17 nitrogen and oxygen atoms in total. The Morgan fingerprint density at radius 2 is 0.407 bits per heavy atom. The Kier molecular flexibility index (Phi) is 85.0. The largest absolute Gasteiger partial charge is 0.472 e. The number of carbonyl (C=O) groups excluding carboxylic acids is 4. The molecule has 0 saturated heterocycles. The molecule has 0 radical (unpaired) electrons. The van der Waals surface area contributed by atoms with Gasteiger partial charge < -0.3 is 33.8 Å². The lowest BCUT2D eigenvalue weighted by Crippen LogP contribution is -2.30. The summed E-state index contributed by atoms with van der Waals surface area (Å²) >= 11 is 0. The Labute approximate surface area is 696 Å². The standard InChI is InChI=1S/C94H184O17P2/c1-6-9-12-15-18-21-24-27-30-33-36-38-40-43-46-49-52-55-58-65-70-74-79-93(98)110-89(83-104-91(96)77-72-67-62-56-53-50-47-44-42-39-37-34-31-28-25-22-19-16-13-10-7-2)85-108-112(100,101)106-81-88(95)82-107-113(102,103)109-86-90(84-105-92(97)78-73-68-63-60-59-61-66-71-76-87(4)5)111-94(99)80-75-69-64-57-54-51-48-45-41-35-32-29-26-23-20-17-14-11-8-3/h87-90,95H,6-86H2,1-5H3,(H,100,101)(H,102,103)/t88-,89-,90-/m1/s1. The highest BCUT2D eigenvalue weighted by Gasteiger charge is 2.31. The SMILES string of the molecule is CCCCCCCCCCCCCCCCCCCCCCCCC(=O)O[C@H](COC(=O)CCCCCCCCCCCCCCCCCCCCCCC)COP(=O)(O)OC[C@@H](O)COP(=O)(O)OC[C@@H](COC(=O)CCCCCCCCCCC(C)C)OC(=O)CCCCCCCCCCCCCCCCCCCCC. The van der Waals surface area contributed by atoms with E-state index in [0.717, 1.165) is 95.8 Å². The molecule has 113 heavy (non-hydrogen) atoms. The van der Waals surface area contributed by atoms with E-state index in [0.29, 0.717) is 25.7 Å². The average molecular weight is 1650 g/mol. The molecule has 0 aromatic carbocycles. The van der Waals surface area contributed by atoms with Crippen LogP contribution in [0, 0.1) is 5.92 Å². The van der Waals surface area contributed by atoms with Crippen LogP contribution < -0.4 is 0 Å². The van der Waals surface area contributed by atoms with Crippen LogP contribution in [-0.4, -0.2) is 96.7 Å². The van der Waals surface area contributed by atoms with Gasteiger partial charge in [-0.15, -0.1) is 0 Å². The average Bonchev–Trinajstić information content (AvgIpc) is 0.903. The molecular weight excluding hydrogens is 1460 g/mol. The van der Waals surface area contributed by atoms with Gasteiger partial charge in [0.1, 0.15) is 19.3 Å². The number of carbonyl (C=O) groups is 4. The van der Waals surface area contributed by atoms with Crippen molar-refractivity contribution in [3.63, 3.8) is 0 Å². The molecule has 0 spiro atoms. The number of phosphoric acid groups is 2. The zero-order valence-electron chi connectivity index (χ0n) is 74.5. The zero-order chi connectivity index (χ0) is 82.6. The van der Waals surface area contributed by atoms with Gasteiger partial charge in [-0.2, -0.15) is 0 Å².